The van der Waals surface area contributed by atoms with Crippen molar-refractivity contribution in [2.24, 2.45) is 10.8 Å². The standard InChI is InChI=1S/C12H24O2/c1-7-10(13)14-9-12(5,6)8-11(2,3)4/h7-9H2,1-6H3. The lowest BCUT2D eigenvalue weighted by molar-refractivity contribution is -0.146. The zero-order chi connectivity index (χ0) is 11.4. The fourth-order valence-corrected chi connectivity index (χ4v) is 1.86. The van der Waals surface area contributed by atoms with Crippen molar-refractivity contribution in [2.75, 3.05) is 6.61 Å². The van der Waals surface area contributed by atoms with Crippen LogP contribution >= 0.6 is 0 Å². The summed E-state index contributed by atoms with van der Waals surface area (Å²) in [7, 11) is 0. The van der Waals surface area contributed by atoms with Crippen LogP contribution in [0.1, 0.15) is 54.4 Å². The summed E-state index contributed by atoms with van der Waals surface area (Å²) in [5.41, 5.74) is 0.352. The maximum atomic E-state index is 11.0. The highest BCUT2D eigenvalue weighted by molar-refractivity contribution is 5.68. The van der Waals surface area contributed by atoms with E-state index in [1.807, 2.05) is 6.92 Å². The minimum absolute atomic E-state index is 0.0725. The van der Waals surface area contributed by atoms with Crippen LogP contribution in [0.5, 0.6) is 0 Å². The second-order valence-electron chi connectivity index (χ2n) is 5.92. The Morgan fingerprint density at radius 3 is 2.00 bits per heavy atom. The fourth-order valence-electron chi connectivity index (χ4n) is 1.86. The van der Waals surface area contributed by atoms with Crippen molar-refractivity contribution in [3.05, 3.63) is 0 Å². The molecule has 0 radical (unpaired) electrons. The minimum Gasteiger partial charge on any atom is -0.465 e. The van der Waals surface area contributed by atoms with Crippen molar-refractivity contribution in [3.8, 4) is 0 Å². The van der Waals surface area contributed by atoms with E-state index in [1.54, 1.807) is 0 Å². The first kappa shape index (κ1) is 13.5. The van der Waals surface area contributed by atoms with Crippen LogP contribution in [0.15, 0.2) is 0 Å². The van der Waals surface area contributed by atoms with Crippen LogP contribution in [-0.2, 0) is 9.53 Å². The van der Waals surface area contributed by atoms with Crippen molar-refractivity contribution in [1.29, 1.82) is 0 Å². The number of esters is 1. The van der Waals surface area contributed by atoms with E-state index in [4.69, 9.17) is 4.74 Å². The van der Waals surface area contributed by atoms with Crippen LogP contribution in [0.3, 0.4) is 0 Å². The molecule has 0 saturated carbocycles. The average Bonchev–Trinajstić information content (AvgIpc) is 1.96. The molecule has 0 amide bonds. The largest absolute Gasteiger partial charge is 0.465 e. The third-order valence-corrected chi connectivity index (χ3v) is 1.92. The van der Waals surface area contributed by atoms with Crippen molar-refractivity contribution in [2.45, 2.75) is 54.4 Å². The van der Waals surface area contributed by atoms with E-state index in [1.165, 1.54) is 0 Å². The Labute approximate surface area is 88.0 Å². The highest BCUT2D eigenvalue weighted by atomic mass is 16.5. The van der Waals surface area contributed by atoms with Gasteiger partial charge in [0.2, 0.25) is 0 Å². The van der Waals surface area contributed by atoms with E-state index in [2.05, 4.69) is 34.6 Å². The minimum atomic E-state index is -0.105. The van der Waals surface area contributed by atoms with E-state index < -0.39 is 0 Å². The molecule has 0 aliphatic carbocycles. The molecule has 84 valence electrons. The molecule has 0 N–H and O–H groups in total. The zero-order valence-corrected chi connectivity index (χ0v) is 10.4. The second kappa shape index (κ2) is 4.81. The zero-order valence-electron chi connectivity index (χ0n) is 10.4. The third kappa shape index (κ3) is 6.93. The van der Waals surface area contributed by atoms with Crippen molar-refractivity contribution < 1.29 is 9.53 Å². The number of carbonyl (C=O) groups excluding carboxylic acids is 1. The van der Waals surface area contributed by atoms with Crippen LogP contribution < -0.4 is 0 Å². The summed E-state index contributed by atoms with van der Waals surface area (Å²) in [5.74, 6) is -0.105. The van der Waals surface area contributed by atoms with E-state index in [0.717, 1.165) is 6.42 Å². The van der Waals surface area contributed by atoms with Crippen LogP contribution in [0, 0.1) is 10.8 Å². The highest BCUT2D eigenvalue weighted by Crippen LogP contribution is 2.33. The molecular weight excluding hydrogens is 176 g/mol. The lowest BCUT2D eigenvalue weighted by atomic mass is 9.77. The van der Waals surface area contributed by atoms with Gasteiger partial charge in [-0.2, -0.15) is 0 Å². The summed E-state index contributed by atoms with van der Waals surface area (Å²) in [4.78, 5) is 11.0. The van der Waals surface area contributed by atoms with Crippen LogP contribution in [0.4, 0.5) is 0 Å². The Kier molecular flexibility index (Phi) is 4.63. The van der Waals surface area contributed by atoms with Gasteiger partial charge in [-0.25, -0.2) is 0 Å². The first-order chi connectivity index (χ1) is 6.16. The van der Waals surface area contributed by atoms with Gasteiger partial charge in [-0.05, 0) is 17.3 Å². The van der Waals surface area contributed by atoms with Crippen molar-refractivity contribution >= 4 is 5.97 Å². The highest BCUT2D eigenvalue weighted by Gasteiger charge is 2.26. The molecule has 2 nitrogen and oxygen atoms in total. The van der Waals surface area contributed by atoms with Crippen LogP contribution in [0.25, 0.3) is 0 Å². The number of ether oxygens (including phenoxy) is 1. The molecule has 0 saturated heterocycles. The quantitative estimate of drug-likeness (QED) is 0.650. The van der Waals surface area contributed by atoms with Crippen LogP contribution in [0.2, 0.25) is 0 Å². The molecule has 0 atom stereocenters. The SMILES string of the molecule is CCC(=O)OCC(C)(C)CC(C)(C)C. The molecule has 0 aliphatic rings. The summed E-state index contributed by atoms with van der Waals surface area (Å²) in [5, 5.41) is 0. The number of hydrogen-bond acceptors (Lipinski definition) is 2. The molecule has 0 aromatic rings. The normalized spacial score (nSPS) is 12.7. The van der Waals surface area contributed by atoms with Crippen molar-refractivity contribution in [1.82, 2.24) is 0 Å². The first-order valence-corrected chi connectivity index (χ1v) is 5.32. The van der Waals surface area contributed by atoms with Gasteiger partial charge < -0.3 is 4.74 Å². The van der Waals surface area contributed by atoms with Crippen molar-refractivity contribution in [3.63, 3.8) is 0 Å². The molecule has 0 rings (SSSR count). The second-order valence-corrected chi connectivity index (χ2v) is 5.92. The Morgan fingerprint density at radius 2 is 1.64 bits per heavy atom. The Balaban J connectivity index is 4.01. The predicted octanol–water partition coefficient (Wildman–Crippen LogP) is 3.40. The first-order valence-electron chi connectivity index (χ1n) is 5.32. The number of hydrogen-bond donors (Lipinski definition) is 0. The Bertz CT molecular complexity index is 187. The van der Waals surface area contributed by atoms with Gasteiger partial charge in [0.05, 0.1) is 6.61 Å². The molecule has 0 bridgehead atoms. The molecule has 0 aliphatic heterocycles. The lowest BCUT2D eigenvalue weighted by Crippen LogP contribution is -2.27. The molecule has 0 aromatic carbocycles. The van der Waals surface area contributed by atoms with Gasteiger partial charge in [0.25, 0.3) is 0 Å². The molecule has 0 unspecified atom stereocenters. The monoisotopic (exact) mass is 200 g/mol. The Hall–Kier alpha value is -0.530. The maximum Gasteiger partial charge on any atom is 0.305 e. The third-order valence-electron chi connectivity index (χ3n) is 1.92. The van der Waals surface area contributed by atoms with Gasteiger partial charge in [0.1, 0.15) is 0 Å². The van der Waals surface area contributed by atoms with Crippen LogP contribution in [-0.4, -0.2) is 12.6 Å². The average molecular weight is 200 g/mol. The van der Waals surface area contributed by atoms with E-state index >= 15 is 0 Å². The Morgan fingerprint density at radius 1 is 1.14 bits per heavy atom. The van der Waals surface area contributed by atoms with E-state index in [0.29, 0.717) is 13.0 Å². The molecule has 0 aromatic heterocycles. The number of rotatable bonds is 4. The van der Waals surface area contributed by atoms with Gasteiger partial charge in [-0.3, -0.25) is 4.79 Å². The molecule has 0 spiro atoms. The van der Waals surface area contributed by atoms with Gasteiger partial charge in [-0.15, -0.1) is 0 Å². The molecule has 0 fully saturated rings. The fraction of sp³-hybridized carbons (Fsp3) is 0.917. The van der Waals surface area contributed by atoms with Gasteiger partial charge in [0.15, 0.2) is 0 Å². The molecule has 14 heavy (non-hydrogen) atoms. The molecular formula is C12H24O2. The maximum absolute atomic E-state index is 11.0. The lowest BCUT2D eigenvalue weighted by Gasteiger charge is -2.31. The van der Waals surface area contributed by atoms with E-state index in [9.17, 15) is 4.79 Å². The number of carbonyl (C=O) groups is 1. The molecule has 2 heteroatoms. The van der Waals surface area contributed by atoms with Gasteiger partial charge in [0, 0.05) is 6.42 Å². The molecule has 0 heterocycles. The summed E-state index contributed by atoms with van der Waals surface area (Å²) < 4.78 is 5.16. The summed E-state index contributed by atoms with van der Waals surface area (Å²) >= 11 is 0. The smallest absolute Gasteiger partial charge is 0.305 e. The van der Waals surface area contributed by atoms with Gasteiger partial charge >= 0.3 is 5.97 Å². The topological polar surface area (TPSA) is 26.3 Å². The predicted molar refractivity (Wildman–Crippen MR) is 59.1 cm³/mol. The summed E-state index contributed by atoms with van der Waals surface area (Å²) in [6, 6.07) is 0. The summed E-state index contributed by atoms with van der Waals surface area (Å²) in [6.45, 7) is 13.2. The van der Waals surface area contributed by atoms with Gasteiger partial charge in [-0.1, -0.05) is 41.5 Å². The summed E-state index contributed by atoms with van der Waals surface area (Å²) in [6.07, 6.45) is 1.52. The van der Waals surface area contributed by atoms with E-state index in [-0.39, 0.29) is 16.8 Å².